The first kappa shape index (κ1) is 14.3. The second kappa shape index (κ2) is 6.24. The SMILES string of the molecule is CC[C@H](CNC1CCC1)NC(=O)OC(C)(C)C. The number of ether oxygens (including phenoxy) is 1. The molecule has 0 heterocycles. The minimum absolute atomic E-state index is 0.158. The normalized spacial score (nSPS) is 18.4. The van der Waals surface area contributed by atoms with Crippen LogP contribution in [0.15, 0.2) is 0 Å². The van der Waals surface area contributed by atoms with Crippen LogP contribution in [-0.2, 0) is 4.74 Å². The predicted octanol–water partition coefficient (Wildman–Crippen LogP) is 2.43. The average molecular weight is 242 g/mol. The minimum Gasteiger partial charge on any atom is -0.444 e. The molecule has 1 saturated carbocycles. The first-order valence-corrected chi connectivity index (χ1v) is 6.63. The van der Waals surface area contributed by atoms with E-state index in [-0.39, 0.29) is 12.1 Å². The van der Waals surface area contributed by atoms with Gasteiger partial charge in [0.05, 0.1) is 0 Å². The van der Waals surface area contributed by atoms with Crippen LogP contribution >= 0.6 is 0 Å². The summed E-state index contributed by atoms with van der Waals surface area (Å²) in [6.45, 7) is 8.53. The van der Waals surface area contributed by atoms with Gasteiger partial charge in [-0.25, -0.2) is 4.79 Å². The zero-order chi connectivity index (χ0) is 12.9. The van der Waals surface area contributed by atoms with Gasteiger partial charge in [0.2, 0.25) is 0 Å². The second-order valence-electron chi connectivity index (χ2n) is 5.79. The zero-order valence-corrected chi connectivity index (χ0v) is 11.5. The van der Waals surface area contributed by atoms with E-state index in [0.29, 0.717) is 6.04 Å². The number of hydrogen-bond acceptors (Lipinski definition) is 3. The van der Waals surface area contributed by atoms with E-state index in [1.54, 1.807) is 0 Å². The summed E-state index contributed by atoms with van der Waals surface area (Å²) in [6, 6.07) is 0.815. The summed E-state index contributed by atoms with van der Waals surface area (Å²) in [4.78, 5) is 11.6. The van der Waals surface area contributed by atoms with Crippen molar-refractivity contribution in [1.82, 2.24) is 10.6 Å². The molecule has 0 aromatic rings. The van der Waals surface area contributed by atoms with Gasteiger partial charge in [-0.1, -0.05) is 13.3 Å². The van der Waals surface area contributed by atoms with Gasteiger partial charge in [0.1, 0.15) is 5.60 Å². The fourth-order valence-corrected chi connectivity index (χ4v) is 1.69. The van der Waals surface area contributed by atoms with Gasteiger partial charge in [0, 0.05) is 18.6 Å². The third kappa shape index (κ3) is 5.91. The van der Waals surface area contributed by atoms with Gasteiger partial charge in [0.15, 0.2) is 0 Å². The third-order valence-corrected chi connectivity index (χ3v) is 2.97. The number of alkyl carbamates (subject to hydrolysis) is 1. The van der Waals surface area contributed by atoms with Gasteiger partial charge in [-0.3, -0.25) is 0 Å². The van der Waals surface area contributed by atoms with Crippen LogP contribution in [0.1, 0.15) is 53.4 Å². The van der Waals surface area contributed by atoms with Gasteiger partial charge in [-0.15, -0.1) is 0 Å². The van der Waals surface area contributed by atoms with Crippen LogP contribution in [0.25, 0.3) is 0 Å². The molecule has 2 N–H and O–H groups in total. The smallest absolute Gasteiger partial charge is 0.407 e. The molecule has 100 valence electrons. The van der Waals surface area contributed by atoms with Crippen molar-refractivity contribution in [3.05, 3.63) is 0 Å². The Hall–Kier alpha value is -0.770. The molecule has 0 bridgehead atoms. The lowest BCUT2D eigenvalue weighted by molar-refractivity contribution is 0.0501. The fraction of sp³-hybridized carbons (Fsp3) is 0.923. The summed E-state index contributed by atoms with van der Waals surface area (Å²) in [5.41, 5.74) is -0.427. The summed E-state index contributed by atoms with van der Waals surface area (Å²) >= 11 is 0. The average Bonchev–Trinajstić information content (AvgIpc) is 2.10. The van der Waals surface area contributed by atoms with E-state index < -0.39 is 5.60 Å². The van der Waals surface area contributed by atoms with E-state index in [1.807, 2.05) is 20.8 Å². The molecule has 4 heteroatoms. The number of hydrogen-bond donors (Lipinski definition) is 2. The number of rotatable bonds is 5. The number of nitrogens with one attached hydrogen (secondary N) is 2. The maximum absolute atomic E-state index is 11.6. The minimum atomic E-state index is -0.427. The van der Waals surface area contributed by atoms with E-state index in [2.05, 4.69) is 17.6 Å². The Morgan fingerprint density at radius 2 is 2.06 bits per heavy atom. The van der Waals surface area contributed by atoms with Crippen molar-refractivity contribution in [2.24, 2.45) is 0 Å². The summed E-state index contributed by atoms with van der Waals surface area (Å²) < 4.78 is 5.24. The van der Waals surface area contributed by atoms with E-state index in [9.17, 15) is 4.79 Å². The summed E-state index contributed by atoms with van der Waals surface area (Å²) in [5, 5.41) is 6.37. The van der Waals surface area contributed by atoms with Crippen LogP contribution in [0.3, 0.4) is 0 Å². The number of carbonyl (C=O) groups excluding carboxylic acids is 1. The largest absolute Gasteiger partial charge is 0.444 e. The van der Waals surface area contributed by atoms with Crippen molar-refractivity contribution < 1.29 is 9.53 Å². The van der Waals surface area contributed by atoms with Crippen molar-refractivity contribution in [1.29, 1.82) is 0 Å². The Morgan fingerprint density at radius 1 is 1.41 bits per heavy atom. The van der Waals surface area contributed by atoms with Crippen molar-refractivity contribution in [2.45, 2.75) is 71.1 Å². The predicted molar refractivity (Wildman–Crippen MR) is 69.1 cm³/mol. The summed E-state index contributed by atoms with van der Waals surface area (Å²) in [5.74, 6) is 0. The quantitative estimate of drug-likeness (QED) is 0.778. The van der Waals surface area contributed by atoms with Crippen LogP contribution in [0, 0.1) is 0 Å². The van der Waals surface area contributed by atoms with Crippen LogP contribution in [0.2, 0.25) is 0 Å². The number of carbonyl (C=O) groups is 1. The van der Waals surface area contributed by atoms with Crippen molar-refractivity contribution in [3.63, 3.8) is 0 Å². The van der Waals surface area contributed by atoms with Crippen LogP contribution in [0.5, 0.6) is 0 Å². The van der Waals surface area contributed by atoms with Crippen molar-refractivity contribution >= 4 is 6.09 Å². The van der Waals surface area contributed by atoms with E-state index in [1.165, 1.54) is 19.3 Å². The highest BCUT2D eigenvalue weighted by Gasteiger charge is 2.21. The lowest BCUT2D eigenvalue weighted by atomic mass is 9.93. The molecule has 17 heavy (non-hydrogen) atoms. The van der Waals surface area contributed by atoms with E-state index in [4.69, 9.17) is 4.74 Å². The lowest BCUT2D eigenvalue weighted by Gasteiger charge is -2.29. The fourth-order valence-electron chi connectivity index (χ4n) is 1.69. The van der Waals surface area contributed by atoms with E-state index >= 15 is 0 Å². The molecule has 1 aliphatic rings. The Kier molecular flexibility index (Phi) is 5.25. The Bertz CT molecular complexity index is 244. The summed E-state index contributed by atoms with van der Waals surface area (Å²) in [6.07, 6.45) is 4.46. The monoisotopic (exact) mass is 242 g/mol. The second-order valence-corrected chi connectivity index (χ2v) is 5.79. The molecule has 1 aliphatic carbocycles. The van der Waals surface area contributed by atoms with E-state index in [0.717, 1.165) is 13.0 Å². The molecular weight excluding hydrogens is 216 g/mol. The number of amides is 1. The first-order chi connectivity index (χ1) is 7.90. The van der Waals surface area contributed by atoms with Gasteiger partial charge in [-0.2, -0.15) is 0 Å². The molecule has 0 aromatic carbocycles. The molecular formula is C13H26N2O2. The first-order valence-electron chi connectivity index (χ1n) is 6.63. The molecule has 0 radical (unpaired) electrons. The zero-order valence-electron chi connectivity index (χ0n) is 11.5. The van der Waals surface area contributed by atoms with Crippen molar-refractivity contribution in [2.75, 3.05) is 6.54 Å². The Morgan fingerprint density at radius 3 is 2.47 bits per heavy atom. The van der Waals surface area contributed by atoms with Gasteiger partial charge in [-0.05, 0) is 40.0 Å². The summed E-state index contributed by atoms with van der Waals surface area (Å²) in [7, 11) is 0. The molecule has 0 saturated heterocycles. The highest BCUT2D eigenvalue weighted by Crippen LogP contribution is 2.17. The van der Waals surface area contributed by atoms with Crippen LogP contribution in [0.4, 0.5) is 4.79 Å². The molecule has 1 atom stereocenters. The molecule has 0 aromatic heterocycles. The van der Waals surface area contributed by atoms with Crippen LogP contribution in [-0.4, -0.2) is 30.3 Å². The topological polar surface area (TPSA) is 50.4 Å². The van der Waals surface area contributed by atoms with Crippen molar-refractivity contribution in [3.8, 4) is 0 Å². The van der Waals surface area contributed by atoms with Gasteiger partial charge >= 0.3 is 6.09 Å². The highest BCUT2D eigenvalue weighted by molar-refractivity contribution is 5.68. The lowest BCUT2D eigenvalue weighted by Crippen LogP contribution is -2.47. The molecule has 1 fully saturated rings. The molecule has 1 amide bonds. The van der Waals surface area contributed by atoms with Crippen LogP contribution < -0.4 is 10.6 Å². The Balaban J connectivity index is 2.22. The standard InChI is InChI=1S/C13H26N2O2/c1-5-10(9-14-11-7-6-8-11)15-12(16)17-13(2,3)4/h10-11,14H,5-9H2,1-4H3,(H,15,16)/t10-/m1/s1. The molecule has 1 rings (SSSR count). The third-order valence-electron chi connectivity index (χ3n) is 2.97. The Labute approximate surface area is 104 Å². The van der Waals surface area contributed by atoms with Gasteiger partial charge < -0.3 is 15.4 Å². The van der Waals surface area contributed by atoms with Gasteiger partial charge in [0.25, 0.3) is 0 Å². The maximum atomic E-state index is 11.6. The molecule has 0 unspecified atom stereocenters. The highest BCUT2D eigenvalue weighted by atomic mass is 16.6. The molecule has 0 spiro atoms. The maximum Gasteiger partial charge on any atom is 0.407 e. The molecule has 0 aliphatic heterocycles. The molecule has 4 nitrogen and oxygen atoms in total.